The number of carbonyl (C=O) groups is 2. The maximum Gasteiger partial charge on any atom is 0.313 e. The highest BCUT2D eigenvalue weighted by atomic mass is 16.2. The maximum absolute atomic E-state index is 12.4. The Morgan fingerprint density at radius 3 is 2.46 bits per heavy atom. The minimum Gasteiger partial charge on any atom is -0.332 e. The zero-order valence-electron chi connectivity index (χ0n) is 14.8. The van der Waals surface area contributed by atoms with Gasteiger partial charge < -0.3 is 16.0 Å². The van der Waals surface area contributed by atoms with Gasteiger partial charge >= 0.3 is 11.8 Å². The van der Waals surface area contributed by atoms with Crippen LogP contribution in [0.2, 0.25) is 0 Å². The van der Waals surface area contributed by atoms with E-state index in [1.165, 1.54) is 0 Å². The molecular weight excluding hydrogens is 304 g/mol. The third-order valence-corrected chi connectivity index (χ3v) is 4.46. The van der Waals surface area contributed by atoms with Crippen molar-refractivity contribution in [2.75, 3.05) is 44.6 Å². The molecule has 0 radical (unpaired) electrons. The van der Waals surface area contributed by atoms with Crippen LogP contribution < -0.4 is 11.1 Å². The number of nitrogens with two attached hydrogens (primary N) is 1. The summed E-state index contributed by atoms with van der Waals surface area (Å²) in [6, 6.07) is 5.90. The van der Waals surface area contributed by atoms with Gasteiger partial charge in [-0.05, 0) is 24.0 Å². The van der Waals surface area contributed by atoms with Crippen molar-refractivity contribution in [3.63, 3.8) is 0 Å². The number of hydrogen-bond acceptors (Lipinski definition) is 4. The Morgan fingerprint density at radius 1 is 1.21 bits per heavy atom. The molecule has 1 aliphatic heterocycles. The summed E-state index contributed by atoms with van der Waals surface area (Å²) >= 11 is 0. The summed E-state index contributed by atoms with van der Waals surface area (Å²) < 4.78 is 0. The van der Waals surface area contributed by atoms with Crippen LogP contribution in [0, 0.1) is 6.92 Å². The van der Waals surface area contributed by atoms with E-state index in [0.29, 0.717) is 19.6 Å². The summed E-state index contributed by atoms with van der Waals surface area (Å²) in [7, 11) is 0. The Morgan fingerprint density at radius 2 is 1.88 bits per heavy atom. The van der Waals surface area contributed by atoms with Gasteiger partial charge in [0, 0.05) is 45.0 Å². The molecule has 1 heterocycles. The molecule has 1 aromatic carbocycles. The van der Waals surface area contributed by atoms with E-state index < -0.39 is 11.8 Å². The number of nitrogens with zero attached hydrogens (tertiary/aromatic N) is 2. The normalized spacial score (nSPS) is 15.6. The topological polar surface area (TPSA) is 78.7 Å². The van der Waals surface area contributed by atoms with Crippen LogP contribution in [0.4, 0.5) is 5.69 Å². The van der Waals surface area contributed by atoms with Crippen molar-refractivity contribution in [2.45, 2.75) is 26.7 Å². The molecule has 0 spiro atoms. The van der Waals surface area contributed by atoms with Crippen molar-refractivity contribution >= 4 is 17.5 Å². The predicted molar refractivity (Wildman–Crippen MR) is 96.0 cm³/mol. The second-order valence-corrected chi connectivity index (χ2v) is 6.57. The Labute approximate surface area is 144 Å². The molecule has 0 aliphatic carbocycles. The SMILES string of the molecule is Cc1cccc(C(C)C)c1NC(=O)C(=O)N1CCN(CCN)CC1. The monoisotopic (exact) mass is 332 g/mol. The average molecular weight is 332 g/mol. The second-order valence-electron chi connectivity index (χ2n) is 6.57. The molecule has 0 atom stereocenters. The van der Waals surface area contributed by atoms with Gasteiger partial charge in [-0.1, -0.05) is 32.0 Å². The minimum atomic E-state index is -0.557. The summed E-state index contributed by atoms with van der Waals surface area (Å²) in [6.45, 7) is 10.2. The predicted octanol–water partition coefficient (Wildman–Crippen LogP) is 1.16. The van der Waals surface area contributed by atoms with Crippen molar-refractivity contribution in [1.82, 2.24) is 9.80 Å². The number of carbonyl (C=O) groups excluding carboxylic acids is 2. The number of rotatable bonds is 4. The Kier molecular flexibility index (Phi) is 6.34. The fourth-order valence-corrected chi connectivity index (χ4v) is 3.01. The van der Waals surface area contributed by atoms with E-state index in [4.69, 9.17) is 5.73 Å². The van der Waals surface area contributed by atoms with Gasteiger partial charge in [0.15, 0.2) is 0 Å². The van der Waals surface area contributed by atoms with Gasteiger partial charge in [-0.15, -0.1) is 0 Å². The van der Waals surface area contributed by atoms with Gasteiger partial charge in [0.1, 0.15) is 0 Å². The van der Waals surface area contributed by atoms with Crippen molar-refractivity contribution in [3.8, 4) is 0 Å². The van der Waals surface area contributed by atoms with Gasteiger partial charge in [-0.3, -0.25) is 14.5 Å². The van der Waals surface area contributed by atoms with Crippen molar-refractivity contribution in [2.24, 2.45) is 5.73 Å². The van der Waals surface area contributed by atoms with E-state index in [0.717, 1.165) is 36.4 Å². The molecule has 1 fully saturated rings. The number of nitrogens with one attached hydrogen (secondary N) is 1. The van der Waals surface area contributed by atoms with Crippen molar-refractivity contribution in [3.05, 3.63) is 29.3 Å². The van der Waals surface area contributed by atoms with Crippen LogP contribution in [-0.2, 0) is 9.59 Å². The lowest BCUT2D eigenvalue weighted by Gasteiger charge is -2.34. The zero-order valence-corrected chi connectivity index (χ0v) is 14.8. The van der Waals surface area contributed by atoms with Crippen molar-refractivity contribution < 1.29 is 9.59 Å². The maximum atomic E-state index is 12.4. The highest BCUT2D eigenvalue weighted by Crippen LogP contribution is 2.27. The molecule has 6 nitrogen and oxygen atoms in total. The van der Waals surface area contributed by atoms with E-state index in [9.17, 15) is 9.59 Å². The first-order chi connectivity index (χ1) is 11.4. The molecule has 132 valence electrons. The lowest BCUT2D eigenvalue weighted by atomic mass is 9.98. The number of para-hydroxylation sites is 1. The minimum absolute atomic E-state index is 0.273. The lowest BCUT2D eigenvalue weighted by molar-refractivity contribution is -0.144. The van der Waals surface area contributed by atoms with Crippen LogP contribution in [-0.4, -0.2) is 60.9 Å². The molecule has 3 N–H and O–H groups in total. The molecule has 2 rings (SSSR count). The van der Waals surface area contributed by atoms with Gasteiger partial charge in [0.2, 0.25) is 0 Å². The van der Waals surface area contributed by atoms with Crippen LogP contribution in [0.3, 0.4) is 0 Å². The zero-order chi connectivity index (χ0) is 17.7. The number of hydrogen-bond donors (Lipinski definition) is 2. The molecule has 1 aromatic rings. The molecule has 0 aromatic heterocycles. The number of amides is 2. The Hall–Kier alpha value is -1.92. The quantitative estimate of drug-likeness (QED) is 0.811. The highest BCUT2D eigenvalue weighted by molar-refractivity contribution is 6.39. The average Bonchev–Trinajstić information content (AvgIpc) is 2.56. The van der Waals surface area contributed by atoms with Crippen LogP contribution >= 0.6 is 0 Å². The van der Waals surface area contributed by atoms with E-state index in [1.54, 1.807) is 4.90 Å². The van der Waals surface area contributed by atoms with Crippen LogP contribution in [0.5, 0.6) is 0 Å². The van der Waals surface area contributed by atoms with E-state index in [1.807, 2.05) is 25.1 Å². The number of aryl methyl sites for hydroxylation is 1. The smallest absolute Gasteiger partial charge is 0.313 e. The van der Waals surface area contributed by atoms with Crippen molar-refractivity contribution in [1.29, 1.82) is 0 Å². The summed E-state index contributed by atoms with van der Waals surface area (Å²) in [5.41, 5.74) is 8.32. The first-order valence-electron chi connectivity index (χ1n) is 8.56. The van der Waals surface area contributed by atoms with E-state index >= 15 is 0 Å². The molecule has 0 unspecified atom stereocenters. The first kappa shape index (κ1) is 18.4. The Bertz CT molecular complexity index is 593. The first-order valence-corrected chi connectivity index (χ1v) is 8.56. The summed E-state index contributed by atoms with van der Waals surface area (Å²) in [4.78, 5) is 28.7. The van der Waals surface area contributed by atoms with Gasteiger partial charge in [-0.2, -0.15) is 0 Å². The summed E-state index contributed by atoms with van der Waals surface area (Å²) in [5, 5.41) is 2.83. The fraction of sp³-hybridized carbons (Fsp3) is 0.556. The van der Waals surface area contributed by atoms with Crippen LogP contribution in [0.15, 0.2) is 18.2 Å². The molecule has 24 heavy (non-hydrogen) atoms. The van der Waals surface area contributed by atoms with Crippen LogP contribution in [0.25, 0.3) is 0 Å². The number of piperazine rings is 1. The fourth-order valence-electron chi connectivity index (χ4n) is 3.01. The highest BCUT2D eigenvalue weighted by Gasteiger charge is 2.26. The molecule has 1 saturated heterocycles. The largest absolute Gasteiger partial charge is 0.332 e. The van der Waals surface area contributed by atoms with E-state index in [-0.39, 0.29) is 5.92 Å². The number of benzene rings is 1. The van der Waals surface area contributed by atoms with E-state index in [2.05, 4.69) is 24.1 Å². The molecule has 0 bridgehead atoms. The molecule has 0 saturated carbocycles. The Balaban J connectivity index is 2.02. The second kappa shape index (κ2) is 8.26. The third-order valence-electron chi connectivity index (χ3n) is 4.46. The molecule has 1 aliphatic rings. The van der Waals surface area contributed by atoms with Gasteiger partial charge in [-0.25, -0.2) is 0 Å². The van der Waals surface area contributed by atoms with Gasteiger partial charge in [0.25, 0.3) is 0 Å². The van der Waals surface area contributed by atoms with Crippen LogP contribution in [0.1, 0.15) is 30.9 Å². The summed E-state index contributed by atoms with van der Waals surface area (Å²) in [5.74, 6) is -0.742. The standard InChI is InChI=1S/C18H28N4O2/c1-13(2)15-6-4-5-14(3)16(15)20-17(23)18(24)22-11-9-21(8-7-19)10-12-22/h4-6,13H,7-12,19H2,1-3H3,(H,20,23). The molecule has 2 amide bonds. The molecule has 6 heteroatoms. The summed E-state index contributed by atoms with van der Waals surface area (Å²) in [6.07, 6.45) is 0. The molecular formula is C18H28N4O2. The van der Waals surface area contributed by atoms with Gasteiger partial charge in [0.05, 0.1) is 0 Å². The number of anilines is 1. The lowest BCUT2D eigenvalue weighted by Crippen LogP contribution is -2.52. The third kappa shape index (κ3) is 4.33.